The quantitative estimate of drug-likeness (QED) is 0.415. The molecule has 0 unspecified atom stereocenters. The Labute approximate surface area is 176 Å². The number of carbonyl (C=O) groups is 2. The summed E-state index contributed by atoms with van der Waals surface area (Å²) in [6, 6.07) is 9.18. The van der Waals surface area contributed by atoms with Gasteiger partial charge in [-0.3, -0.25) is 4.79 Å². The Balaban J connectivity index is 2.43. The molecule has 0 saturated carbocycles. The molecule has 1 aliphatic rings. The maximum Gasteiger partial charge on any atom is 0.417 e. The van der Waals surface area contributed by atoms with Crippen molar-refractivity contribution in [2.75, 3.05) is 0 Å². The molecule has 6 heteroatoms. The molecule has 1 aromatic carbocycles. The molecule has 0 N–H and O–H groups in total. The van der Waals surface area contributed by atoms with Gasteiger partial charge in [-0.05, 0) is 43.0 Å². The average molecular weight is 420 g/mol. The number of nitrogens with zero attached hydrogens (tertiary/aromatic N) is 1. The van der Waals surface area contributed by atoms with Crippen LogP contribution in [0.2, 0.25) is 16.6 Å². The van der Waals surface area contributed by atoms with E-state index in [0.29, 0.717) is 16.6 Å². The highest BCUT2D eigenvalue weighted by Gasteiger charge is 2.58. The summed E-state index contributed by atoms with van der Waals surface area (Å²) in [7, 11) is -2.29. The largest absolute Gasteiger partial charge is 0.443 e. The van der Waals surface area contributed by atoms with E-state index in [1.165, 1.54) is 4.90 Å². The molecule has 0 aromatic heterocycles. The van der Waals surface area contributed by atoms with Gasteiger partial charge in [0.1, 0.15) is 11.6 Å². The lowest BCUT2D eigenvalue weighted by atomic mass is 9.91. The maximum atomic E-state index is 13.1. The lowest BCUT2D eigenvalue weighted by Crippen LogP contribution is -2.66. The van der Waals surface area contributed by atoms with Crippen LogP contribution in [0.3, 0.4) is 0 Å². The maximum absolute atomic E-state index is 13.1. The number of likely N-dealkylation sites (tertiary alicyclic amines) is 1. The number of benzene rings is 1. The van der Waals surface area contributed by atoms with Crippen LogP contribution in [0.1, 0.15) is 73.9 Å². The third-order valence-electron chi connectivity index (χ3n) is 5.82. The molecule has 0 spiro atoms. The van der Waals surface area contributed by atoms with Crippen LogP contribution >= 0.6 is 0 Å². The summed E-state index contributed by atoms with van der Waals surface area (Å²) in [4.78, 5) is 27.2. The molecule has 1 fully saturated rings. The Morgan fingerprint density at radius 2 is 1.45 bits per heavy atom. The fourth-order valence-electron chi connectivity index (χ4n) is 4.69. The second-order valence-corrected chi connectivity index (χ2v) is 15.3. The van der Waals surface area contributed by atoms with Crippen LogP contribution in [0.15, 0.2) is 30.3 Å². The van der Waals surface area contributed by atoms with Crippen molar-refractivity contribution in [3.63, 3.8) is 0 Å². The van der Waals surface area contributed by atoms with E-state index < -0.39 is 32.2 Å². The Kier molecular flexibility index (Phi) is 7.00. The van der Waals surface area contributed by atoms with Crippen molar-refractivity contribution < 1.29 is 18.8 Å². The summed E-state index contributed by atoms with van der Waals surface area (Å²) in [5.41, 5.74) is 1.27. The van der Waals surface area contributed by atoms with Gasteiger partial charge < -0.3 is 9.16 Å². The number of β-lactam (4-membered cyclic amide) rings is 1. The number of imide groups is 1. The average Bonchev–Trinajstić information content (AvgIpc) is 2.58. The second kappa shape index (κ2) is 8.60. The zero-order valence-corrected chi connectivity index (χ0v) is 20.4. The third kappa shape index (κ3) is 4.58. The summed E-state index contributed by atoms with van der Waals surface area (Å²) >= 11 is 0. The number of amides is 2. The predicted molar refractivity (Wildman–Crippen MR) is 118 cm³/mol. The summed E-state index contributed by atoms with van der Waals surface area (Å²) in [6.45, 7) is 18.6. The van der Waals surface area contributed by atoms with E-state index >= 15 is 0 Å². The van der Waals surface area contributed by atoms with E-state index in [9.17, 15) is 9.59 Å². The minimum absolute atomic E-state index is 0.299. The summed E-state index contributed by atoms with van der Waals surface area (Å²) in [6.07, 6.45) is -1.26. The lowest BCUT2D eigenvalue weighted by Gasteiger charge is -2.52. The topological polar surface area (TPSA) is 55.8 Å². The molecule has 1 aromatic rings. The molecule has 29 heavy (non-hydrogen) atoms. The van der Waals surface area contributed by atoms with Crippen LogP contribution in [0.4, 0.5) is 4.79 Å². The molecule has 5 nitrogen and oxygen atoms in total. The van der Waals surface area contributed by atoms with Crippen LogP contribution in [-0.2, 0) is 14.0 Å². The Morgan fingerprint density at radius 3 is 1.86 bits per heavy atom. The molecule has 0 aliphatic carbocycles. The third-order valence-corrected chi connectivity index (χ3v) is 11.9. The van der Waals surface area contributed by atoms with Gasteiger partial charge in [-0.1, -0.05) is 71.9 Å². The smallest absolute Gasteiger partial charge is 0.417 e. The Morgan fingerprint density at radius 1 is 0.966 bits per heavy atom. The molecule has 0 radical (unpaired) electrons. The van der Waals surface area contributed by atoms with E-state index in [0.717, 1.165) is 5.56 Å². The highest BCUT2D eigenvalue weighted by molar-refractivity contribution is 6.77. The fourth-order valence-corrected chi connectivity index (χ4v) is 10.2. The van der Waals surface area contributed by atoms with E-state index in [-0.39, 0.29) is 5.91 Å². The standard InChI is InChI=1S/C23H37NO4Si/c1-15(2)29(16(3)4,17(5)6)28-20-19(18-13-11-10-12-14-18)24(21(20)25)22(26)27-23(7,8)9/h10-17,19-20H,1-9H3/t19-,20+/m0/s1. The van der Waals surface area contributed by atoms with Crippen molar-refractivity contribution in [2.45, 2.75) is 96.7 Å². The van der Waals surface area contributed by atoms with Crippen molar-refractivity contribution >= 4 is 20.3 Å². The van der Waals surface area contributed by atoms with Crippen LogP contribution in [0.25, 0.3) is 0 Å². The van der Waals surface area contributed by atoms with Crippen molar-refractivity contribution in [3.05, 3.63) is 35.9 Å². The molecular weight excluding hydrogens is 382 g/mol. The lowest BCUT2D eigenvalue weighted by molar-refractivity contribution is -0.162. The zero-order chi connectivity index (χ0) is 22.1. The summed E-state index contributed by atoms with van der Waals surface area (Å²) in [5.74, 6) is -0.299. The molecule has 1 heterocycles. The molecule has 2 amide bonds. The van der Waals surface area contributed by atoms with Crippen LogP contribution in [-0.4, -0.2) is 36.9 Å². The van der Waals surface area contributed by atoms with Crippen LogP contribution in [0, 0.1) is 0 Å². The zero-order valence-electron chi connectivity index (χ0n) is 19.4. The normalized spacial score (nSPS) is 20.4. The molecular formula is C23H37NO4Si. The highest BCUT2D eigenvalue weighted by Crippen LogP contribution is 2.48. The van der Waals surface area contributed by atoms with Gasteiger partial charge in [-0.15, -0.1) is 0 Å². The van der Waals surface area contributed by atoms with Gasteiger partial charge in [0, 0.05) is 0 Å². The van der Waals surface area contributed by atoms with Crippen molar-refractivity contribution in [1.82, 2.24) is 4.90 Å². The monoisotopic (exact) mass is 419 g/mol. The second-order valence-electron chi connectivity index (χ2n) is 9.90. The number of ether oxygens (including phenoxy) is 1. The number of hydrogen-bond donors (Lipinski definition) is 0. The van der Waals surface area contributed by atoms with Crippen molar-refractivity contribution in [2.24, 2.45) is 0 Å². The first-order chi connectivity index (χ1) is 13.3. The first-order valence-electron chi connectivity index (χ1n) is 10.6. The first-order valence-corrected chi connectivity index (χ1v) is 12.8. The van der Waals surface area contributed by atoms with Crippen molar-refractivity contribution in [3.8, 4) is 0 Å². The Hall–Kier alpha value is -1.66. The number of carbonyl (C=O) groups excluding carboxylic acids is 2. The minimum atomic E-state index is -2.29. The molecule has 2 rings (SSSR count). The number of hydrogen-bond acceptors (Lipinski definition) is 4. The fraction of sp³-hybridized carbons (Fsp3) is 0.652. The minimum Gasteiger partial charge on any atom is -0.443 e. The van der Waals surface area contributed by atoms with Gasteiger partial charge in [-0.25, -0.2) is 9.69 Å². The Bertz CT molecular complexity index is 702. The molecule has 162 valence electrons. The first kappa shape index (κ1) is 23.6. The van der Waals surface area contributed by atoms with Crippen molar-refractivity contribution in [1.29, 1.82) is 0 Å². The van der Waals surface area contributed by atoms with Gasteiger partial charge in [0.05, 0.1) is 0 Å². The van der Waals surface area contributed by atoms with Crippen LogP contribution < -0.4 is 0 Å². The van der Waals surface area contributed by atoms with E-state index in [2.05, 4.69) is 41.5 Å². The van der Waals surface area contributed by atoms with Gasteiger partial charge in [0.2, 0.25) is 8.32 Å². The predicted octanol–water partition coefficient (Wildman–Crippen LogP) is 6.07. The summed E-state index contributed by atoms with van der Waals surface area (Å²) in [5, 5.41) is 0. The highest BCUT2D eigenvalue weighted by atomic mass is 28.4. The summed E-state index contributed by atoms with van der Waals surface area (Å²) < 4.78 is 12.3. The van der Waals surface area contributed by atoms with Gasteiger partial charge >= 0.3 is 6.09 Å². The SMILES string of the molecule is CC(C)[Si](O[C@H]1C(=O)N(C(=O)OC(C)(C)C)[C@H]1c1ccccc1)(C(C)C)C(C)C. The molecule has 1 aliphatic heterocycles. The molecule has 1 saturated heterocycles. The van der Waals surface area contributed by atoms with Gasteiger partial charge in [0.25, 0.3) is 5.91 Å². The molecule has 0 bridgehead atoms. The van der Waals surface area contributed by atoms with E-state index in [1.54, 1.807) is 20.8 Å². The van der Waals surface area contributed by atoms with E-state index in [1.807, 2.05) is 30.3 Å². The van der Waals surface area contributed by atoms with Crippen LogP contribution in [0.5, 0.6) is 0 Å². The van der Waals surface area contributed by atoms with E-state index in [4.69, 9.17) is 9.16 Å². The molecule has 2 atom stereocenters. The number of rotatable bonds is 6. The van der Waals surface area contributed by atoms with Gasteiger partial charge in [-0.2, -0.15) is 0 Å². The van der Waals surface area contributed by atoms with Gasteiger partial charge in [0.15, 0.2) is 6.10 Å².